The molecule has 0 aliphatic heterocycles. The number of thiocarbonyl (C=S) groups is 1. The van der Waals surface area contributed by atoms with Gasteiger partial charge in [-0.3, -0.25) is 0 Å². The normalized spacial score (nSPS) is 9.90. The van der Waals surface area contributed by atoms with E-state index in [0.29, 0.717) is 17.7 Å². The summed E-state index contributed by atoms with van der Waals surface area (Å²) >= 11 is 5.21. The zero-order chi connectivity index (χ0) is 14.4. The number of nitrogens with zero attached hydrogens (tertiary/aromatic N) is 2. The maximum absolute atomic E-state index is 5.38. The molecule has 0 amide bonds. The molecule has 0 saturated heterocycles. The van der Waals surface area contributed by atoms with Crippen LogP contribution in [0, 0.1) is 6.92 Å². The smallest absolute Gasteiger partial charge is 0.229 e. The van der Waals surface area contributed by atoms with Crippen molar-refractivity contribution in [2.45, 2.75) is 13.8 Å². The molecule has 2 rings (SSSR count). The monoisotopic (exact) mass is 288 g/mol. The van der Waals surface area contributed by atoms with E-state index in [9.17, 15) is 0 Å². The number of aromatic nitrogens is 2. The number of anilines is 2. The van der Waals surface area contributed by atoms with Gasteiger partial charge in [0.15, 0.2) is 5.11 Å². The summed E-state index contributed by atoms with van der Waals surface area (Å²) in [7, 11) is 0. The molecule has 0 radical (unpaired) electrons. The molecule has 0 unspecified atom stereocenters. The second kappa shape index (κ2) is 6.81. The SMILES string of the molecule is CCOc1ccc(NC(=S)Nc2nccc(C)n2)cc1. The molecular weight excluding hydrogens is 272 g/mol. The van der Waals surface area contributed by atoms with Gasteiger partial charge < -0.3 is 15.4 Å². The average Bonchev–Trinajstić information content (AvgIpc) is 2.41. The van der Waals surface area contributed by atoms with Gasteiger partial charge in [0.1, 0.15) is 5.75 Å². The Kier molecular flexibility index (Phi) is 4.84. The summed E-state index contributed by atoms with van der Waals surface area (Å²) in [5.74, 6) is 1.31. The standard InChI is InChI=1S/C14H16N4OS/c1-3-19-12-6-4-11(5-7-12)17-14(20)18-13-15-9-8-10(2)16-13/h4-9H,3H2,1-2H3,(H2,15,16,17,18,20). The van der Waals surface area contributed by atoms with Crippen LogP contribution in [0.15, 0.2) is 36.5 Å². The van der Waals surface area contributed by atoms with Crippen molar-refractivity contribution < 1.29 is 4.74 Å². The maximum atomic E-state index is 5.38. The first kappa shape index (κ1) is 14.2. The van der Waals surface area contributed by atoms with E-state index in [2.05, 4.69) is 20.6 Å². The Labute approximate surface area is 123 Å². The van der Waals surface area contributed by atoms with Crippen LogP contribution < -0.4 is 15.4 Å². The van der Waals surface area contributed by atoms with Gasteiger partial charge in [-0.05, 0) is 56.4 Å². The van der Waals surface area contributed by atoms with E-state index in [1.807, 2.05) is 44.2 Å². The van der Waals surface area contributed by atoms with Crippen molar-refractivity contribution in [1.82, 2.24) is 9.97 Å². The fourth-order valence-electron chi connectivity index (χ4n) is 1.57. The van der Waals surface area contributed by atoms with Crippen LogP contribution >= 0.6 is 12.2 Å². The Balaban J connectivity index is 1.94. The molecule has 20 heavy (non-hydrogen) atoms. The molecule has 2 aromatic rings. The molecule has 0 fully saturated rings. The van der Waals surface area contributed by atoms with Crippen molar-refractivity contribution in [2.24, 2.45) is 0 Å². The third-order valence-corrected chi connectivity index (χ3v) is 2.65. The van der Waals surface area contributed by atoms with Gasteiger partial charge in [0.25, 0.3) is 0 Å². The summed E-state index contributed by atoms with van der Waals surface area (Å²) in [5.41, 5.74) is 1.75. The quantitative estimate of drug-likeness (QED) is 0.843. The number of hydrogen-bond donors (Lipinski definition) is 2. The van der Waals surface area contributed by atoms with Crippen LogP contribution in [0.5, 0.6) is 5.75 Å². The second-order valence-electron chi connectivity index (χ2n) is 4.06. The van der Waals surface area contributed by atoms with Crippen molar-refractivity contribution in [2.75, 3.05) is 17.2 Å². The van der Waals surface area contributed by atoms with Crippen LogP contribution in [-0.4, -0.2) is 21.7 Å². The van der Waals surface area contributed by atoms with Gasteiger partial charge in [0.2, 0.25) is 5.95 Å². The largest absolute Gasteiger partial charge is 0.494 e. The highest BCUT2D eigenvalue weighted by atomic mass is 32.1. The molecule has 0 spiro atoms. The zero-order valence-corrected chi connectivity index (χ0v) is 12.2. The summed E-state index contributed by atoms with van der Waals surface area (Å²) in [6.07, 6.45) is 1.68. The second-order valence-corrected chi connectivity index (χ2v) is 4.47. The van der Waals surface area contributed by atoms with Gasteiger partial charge >= 0.3 is 0 Å². The lowest BCUT2D eigenvalue weighted by Crippen LogP contribution is -2.20. The molecule has 2 N–H and O–H groups in total. The minimum absolute atomic E-state index is 0.444. The van der Waals surface area contributed by atoms with Crippen LogP contribution in [0.3, 0.4) is 0 Å². The molecule has 5 nitrogen and oxygen atoms in total. The van der Waals surface area contributed by atoms with E-state index in [1.54, 1.807) is 6.20 Å². The first-order valence-corrected chi connectivity index (χ1v) is 6.68. The molecule has 104 valence electrons. The first-order valence-electron chi connectivity index (χ1n) is 6.28. The lowest BCUT2D eigenvalue weighted by molar-refractivity contribution is 0.340. The molecule has 0 aliphatic carbocycles. The molecule has 6 heteroatoms. The Morgan fingerprint density at radius 1 is 1.20 bits per heavy atom. The molecule has 0 atom stereocenters. The van der Waals surface area contributed by atoms with Crippen LogP contribution in [0.2, 0.25) is 0 Å². The van der Waals surface area contributed by atoms with Crippen LogP contribution in [0.4, 0.5) is 11.6 Å². The summed E-state index contributed by atoms with van der Waals surface area (Å²) in [4.78, 5) is 8.31. The van der Waals surface area contributed by atoms with Gasteiger partial charge in [-0.1, -0.05) is 0 Å². The minimum atomic E-state index is 0.444. The molecule has 1 aromatic heterocycles. The number of hydrogen-bond acceptors (Lipinski definition) is 4. The third kappa shape index (κ3) is 4.17. The minimum Gasteiger partial charge on any atom is -0.494 e. The van der Waals surface area contributed by atoms with E-state index in [0.717, 1.165) is 17.1 Å². The van der Waals surface area contributed by atoms with Crippen LogP contribution in [0.25, 0.3) is 0 Å². The fraction of sp³-hybridized carbons (Fsp3) is 0.214. The van der Waals surface area contributed by atoms with Crippen molar-refractivity contribution in [1.29, 1.82) is 0 Å². The van der Waals surface area contributed by atoms with E-state index >= 15 is 0 Å². The van der Waals surface area contributed by atoms with Gasteiger partial charge in [0, 0.05) is 17.6 Å². The van der Waals surface area contributed by atoms with Crippen molar-refractivity contribution >= 4 is 29.0 Å². The summed E-state index contributed by atoms with van der Waals surface area (Å²) in [6.45, 7) is 4.50. The molecule has 0 aliphatic rings. The summed E-state index contributed by atoms with van der Waals surface area (Å²) in [6, 6.07) is 9.40. The fourth-order valence-corrected chi connectivity index (χ4v) is 1.78. The number of aryl methyl sites for hydroxylation is 1. The Hall–Kier alpha value is -2.21. The molecule has 0 bridgehead atoms. The summed E-state index contributed by atoms with van der Waals surface area (Å²) < 4.78 is 5.38. The number of ether oxygens (including phenoxy) is 1. The van der Waals surface area contributed by atoms with Gasteiger partial charge in [-0.2, -0.15) is 0 Å². The number of nitrogens with one attached hydrogen (secondary N) is 2. The molecule has 1 heterocycles. The lowest BCUT2D eigenvalue weighted by atomic mass is 10.3. The third-order valence-electron chi connectivity index (χ3n) is 2.44. The van der Waals surface area contributed by atoms with E-state index < -0.39 is 0 Å². The Morgan fingerprint density at radius 3 is 2.60 bits per heavy atom. The Morgan fingerprint density at radius 2 is 1.95 bits per heavy atom. The van der Waals surface area contributed by atoms with Gasteiger partial charge in [0.05, 0.1) is 6.61 Å². The predicted octanol–water partition coefficient (Wildman–Crippen LogP) is 2.99. The highest BCUT2D eigenvalue weighted by molar-refractivity contribution is 7.80. The highest BCUT2D eigenvalue weighted by Crippen LogP contribution is 2.15. The number of rotatable bonds is 4. The van der Waals surface area contributed by atoms with Gasteiger partial charge in [-0.25, -0.2) is 9.97 Å². The summed E-state index contributed by atoms with van der Waals surface area (Å²) in [5, 5.41) is 6.45. The predicted molar refractivity (Wildman–Crippen MR) is 84.2 cm³/mol. The average molecular weight is 288 g/mol. The topological polar surface area (TPSA) is 59.1 Å². The van der Waals surface area contributed by atoms with E-state index in [4.69, 9.17) is 17.0 Å². The van der Waals surface area contributed by atoms with Crippen molar-refractivity contribution in [3.05, 3.63) is 42.2 Å². The van der Waals surface area contributed by atoms with E-state index in [1.165, 1.54) is 0 Å². The Bertz CT molecular complexity index is 586. The molecular formula is C14H16N4OS. The number of benzene rings is 1. The first-order chi connectivity index (χ1) is 9.67. The van der Waals surface area contributed by atoms with Crippen LogP contribution in [0.1, 0.15) is 12.6 Å². The lowest BCUT2D eigenvalue weighted by Gasteiger charge is -2.10. The maximum Gasteiger partial charge on any atom is 0.229 e. The highest BCUT2D eigenvalue weighted by Gasteiger charge is 2.01. The van der Waals surface area contributed by atoms with Gasteiger partial charge in [-0.15, -0.1) is 0 Å². The van der Waals surface area contributed by atoms with Crippen molar-refractivity contribution in [3.8, 4) is 5.75 Å². The molecule has 1 aromatic carbocycles. The van der Waals surface area contributed by atoms with Crippen molar-refractivity contribution in [3.63, 3.8) is 0 Å². The zero-order valence-electron chi connectivity index (χ0n) is 11.4. The van der Waals surface area contributed by atoms with Crippen LogP contribution in [-0.2, 0) is 0 Å². The van der Waals surface area contributed by atoms with E-state index in [-0.39, 0.29) is 0 Å². The molecule has 0 saturated carbocycles.